The third-order valence-corrected chi connectivity index (χ3v) is 7.67. The van der Waals surface area contributed by atoms with E-state index in [4.69, 9.17) is 0 Å². The number of nitrogens with zero attached hydrogens (tertiary/aromatic N) is 2. The number of hydrogen-bond donors (Lipinski definition) is 1. The minimum atomic E-state index is -4.85. The van der Waals surface area contributed by atoms with Crippen LogP contribution in [0.3, 0.4) is 0 Å². The van der Waals surface area contributed by atoms with Gasteiger partial charge in [0, 0.05) is 33.7 Å². The van der Waals surface area contributed by atoms with Gasteiger partial charge in [-0.25, -0.2) is 13.1 Å². The van der Waals surface area contributed by atoms with Crippen molar-refractivity contribution in [2.75, 3.05) is 33.7 Å². The lowest BCUT2D eigenvalue weighted by atomic mass is 9.99. The van der Waals surface area contributed by atoms with Gasteiger partial charge < -0.3 is 4.74 Å². The molecular weight excluding hydrogens is 423 g/mol. The van der Waals surface area contributed by atoms with Gasteiger partial charge in [0.05, 0.1) is 4.90 Å². The zero-order chi connectivity index (χ0) is 21.2. The van der Waals surface area contributed by atoms with Gasteiger partial charge in [0.15, 0.2) is 0 Å². The number of benzene rings is 1. The predicted molar refractivity (Wildman–Crippen MR) is 95.2 cm³/mol. The van der Waals surface area contributed by atoms with Crippen LogP contribution in [0.1, 0.15) is 12.8 Å². The van der Waals surface area contributed by atoms with Crippen LogP contribution in [0.5, 0.6) is 5.75 Å². The number of alkyl halides is 3. The van der Waals surface area contributed by atoms with Gasteiger partial charge >= 0.3 is 6.36 Å². The summed E-state index contributed by atoms with van der Waals surface area (Å²) in [5, 5.41) is 0. The fourth-order valence-electron chi connectivity index (χ4n) is 2.71. The molecule has 1 saturated heterocycles. The molecule has 0 radical (unpaired) electrons. The number of ether oxygens (including phenoxy) is 1. The summed E-state index contributed by atoms with van der Waals surface area (Å²) >= 11 is 0. The molecule has 0 spiro atoms. The standard InChI is InChI=1S/C15H22F3N3O5S2/c1-20(2)28(24,25)21-9-7-12(8-10-21)11-19-27(22,23)14-5-3-13(4-6-14)26-15(16,17)18/h3-6,12,19H,7-11H2,1-2H3. The normalized spacial score (nSPS) is 17.8. The fraction of sp³-hybridized carbons (Fsp3) is 0.600. The first-order chi connectivity index (χ1) is 12.8. The van der Waals surface area contributed by atoms with E-state index in [-0.39, 0.29) is 30.4 Å². The van der Waals surface area contributed by atoms with E-state index in [0.29, 0.717) is 12.8 Å². The second-order valence-electron chi connectivity index (χ2n) is 6.50. The maximum absolute atomic E-state index is 12.3. The molecule has 8 nitrogen and oxygen atoms in total. The van der Waals surface area contributed by atoms with Crippen molar-refractivity contribution >= 4 is 20.2 Å². The molecule has 0 aromatic heterocycles. The number of nitrogens with one attached hydrogen (secondary N) is 1. The molecule has 0 amide bonds. The summed E-state index contributed by atoms with van der Waals surface area (Å²) in [6.45, 7) is 0.686. The van der Waals surface area contributed by atoms with Crippen LogP contribution in [0.15, 0.2) is 29.2 Å². The molecular formula is C15H22F3N3O5S2. The highest BCUT2D eigenvalue weighted by Gasteiger charge is 2.32. The topological polar surface area (TPSA) is 96.0 Å². The van der Waals surface area contributed by atoms with Crippen molar-refractivity contribution in [2.24, 2.45) is 5.92 Å². The Labute approximate surface area is 162 Å². The molecule has 0 bridgehead atoms. The molecule has 1 heterocycles. The van der Waals surface area contributed by atoms with Crippen molar-refractivity contribution in [2.45, 2.75) is 24.1 Å². The van der Waals surface area contributed by atoms with Gasteiger partial charge in [-0.3, -0.25) is 0 Å². The Balaban J connectivity index is 1.90. The average molecular weight is 445 g/mol. The Morgan fingerprint density at radius 1 is 1.11 bits per heavy atom. The largest absolute Gasteiger partial charge is 0.573 e. The summed E-state index contributed by atoms with van der Waals surface area (Å²) in [5.41, 5.74) is 0. The van der Waals surface area contributed by atoms with E-state index in [2.05, 4.69) is 9.46 Å². The number of piperidine rings is 1. The summed E-state index contributed by atoms with van der Waals surface area (Å²) in [7, 11) is -4.50. The Bertz CT molecular complexity index is 863. The lowest BCUT2D eigenvalue weighted by molar-refractivity contribution is -0.274. The molecule has 1 aliphatic rings. The molecule has 0 unspecified atom stereocenters. The second kappa shape index (κ2) is 8.53. The summed E-state index contributed by atoms with van der Waals surface area (Å²) in [4.78, 5) is -0.186. The molecule has 1 fully saturated rings. The maximum atomic E-state index is 12.3. The Hall–Kier alpha value is -1.41. The lowest BCUT2D eigenvalue weighted by Gasteiger charge is -2.32. The summed E-state index contributed by atoms with van der Waals surface area (Å²) in [5.74, 6) is -0.558. The molecule has 0 atom stereocenters. The molecule has 1 aromatic rings. The Kier molecular flexibility index (Phi) is 6.97. The van der Waals surface area contributed by atoms with Crippen LogP contribution in [0, 0.1) is 5.92 Å². The third-order valence-electron chi connectivity index (χ3n) is 4.29. The van der Waals surface area contributed by atoms with E-state index in [1.165, 1.54) is 18.4 Å². The van der Waals surface area contributed by atoms with Crippen LogP contribution in [0.25, 0.3) is 0 Å². The van der Waals surface area contributed by atoms with E-state index < -0.39 is 32.3 Å². The van der Waals surface area contributed by atoms with E-state index in [1.807, 2.05) is 0 Å². The number of rotatable bonds is 7. The third kappa shape index (κ3) is 6.04. The molecule has 2 rings (SSSR count). The highest BCUT2D eigenvalue weighted by atomic mass is 32.2. The smallest absolute Gasteiger partial charge is 0.406 e. The first-order valence-corrected chi connectivity index (χ1v) is 11.2. The van der Waals surface area contributed by atoms with Gasteiger partial charge in [-0.2, -0.15) is 17.0 Å². The monoisotopic (exact) mass is 445 g/mol. The van der Waals surface area contributed by atoms with Crippen LogP contribution in [-0.4, -0.2) is 65.5 Å². The number of hydrogen-bond acceptors (Lipinski definition) is 5. The molecule has 1 N–H and O–H groups in total. The van der Waals surface area contributed by atoms with E-state index in [1.54, 1.807) is 0 Å². The summed E-state index contributed by atoms with van der Waals surface area (Å²) in [6, 6.07) is 3.89. The van der Waals surface area contributed by atoms with Gasteiger partial charge in [-0.05, 0) is 43.0 Å². The molecule has 1 aromatic carbocycles. The minimum Gasteiger partial charge on any atom is -0.406 e. The van der Waals surface area contributed by atoms with Crippen LogP contribution in [-0.2, 0) is 20.2 Å². The van der Waals surface area contributed by atoms with Crippen molar-refractivity contribution < 1.29 is 34.7 Å². The van der Waals surface area contributed by atoms with E-state index in [9.17, 15) is 30.0 Å². The van der Waals surface area contributed by atoms with Crippen molar-refractivity contribution in [1.82, 2.24) is 13.3 Å². The number of halogens is 3. The zero-order valence-electron chi connectivity index (χ0n) is 15.3. The molecule has 13 heteroatoms. The summed E-state index contributed by atoms with van der Waals surface area (Å²) in [6.07, 6.45) is -3.87. The number of sulfonamides is 1. The first kappa shape index (κ1) is 22.9. The average Bonchev–Trinajstić information content (AvgIpc) is 2.59. The highest BCUT2D eigenvalue weighted by molar-refractivity contribution is 7.89. The van der Waals surface area contributed by atoms with Gasteiger partial charge in [0.2, 0.25) is 10.0 Å². The highest BCUT2D eigenvalue weighted by Crippen LogP contribution is 2.24. The SMILES string of the molecule is CN(C)S(=O)(=O)N1CCC(CNS(=O)(=O)c2ccc(OC(F)(F)F)cc2)CC1. The van der Waals surface area contributed by atoms with E-state index in [0.717, 1.165) is 28.6 Å². The van der Waals surface area contributed by atoms with Crippen molar-refractivity contribution in [3.63, 3.8) is 0 Å². The van der Waals surface area contributed by atoms with E-state index >= 15 is 0 Å². The maximum Gasteiger partial charge on any atom is 0.573 e. The van der Waals surface area contributed by atoms with Crippen LogP contribution < -0.4 is 9.46 Å². The molecule has 28 heavy (non-hydrogen) atoms. The Morgan fingerprint density at radius 2 is 1.64 bits per heavy atom. The van der Waals surface area contributed by atoms with Gasteiger partial charge in [-0.15, -0.1) is 13.2 Å². The van der Waals surface area contributed by atoms with Crippen molar-refractivity contribution in [3.8, 4) is 5.75 Å². The van der Waals surface area contributed by atoms with Gasteiger partial charge in [0.25, 0.3) is 10.2 Å². The lowest BCUT2D eigenvalue weighted by Crippen LogP contribution is -2.45. The van der Waals surface area contributed by atoms with Crippen molar-refractivity contribution in [3.05, 3.63) is 24.3 Å². The molecule has 0 aliphatic carbocycles. The first-order valence-electron chi connectivity index (χ1n) is 8.34. The molecule has 160 valence electrons. The van der Waals surface area contributed by atoms with Crippen LogP contribution in [0.2, 0.25) is 0 Å². The molecule has 1 aliphatic heterocycles. The Morgan fingerprint density at radius 3 is 2.11 bits per heavy atom. The van der Waals surface area contributed by atoms with Crippen LogP contribution in [0.4, 0.5) is 13.2 Å². The second-order valence-corrected chi connectivity index (χ2v) is 10.4. The quantitative estimate of drug-likeness (QED) is 0.684. The van der Waals surface area contributed by atoms with Gasteiger partial charge in [-0.1, -0.05) is 0 Å². The van der Waals surface area contributed by atoms with Crippen LogP contribution >= 0.6 is 0 Å². The fourth-order valence-corrected chi connectivity index (χ4v) is 4.96. The van der Waals surface area contributed by atoms with Crippen molar-refractivity contribution in [1.29, 1.82) is 0 Å². The van der Waals surface area contributed by atoms with Gasteiger partial charge in [0.1, 0.15) is 5.75 Å². The zero-order valence-corrected chi connectivity index (χ0v) is 16.9. The molecule has 0 saturated carbocycles. The summed E-state index contributed by atoms with van der Waals surface area (Å²) < 4.78 is 93.8. The minimum absolute atomic E-state index is 0.0452. The predicted octanol–water partition coefficient (Wildman–Crippen LogP) is 1.38.